The Kier molecular flexibility index (Phi) is 5.81. The van der Waals surface area contributed by atoms with Crippen molar-refractivity contribution < 1.29 is 0 Å². The largest absolute Gasteiger partial charge is 0.344 e. The Labute approximate surface area is 127 Å². The second-order valence-corrected chi connectivity index (χ2v) is 6.81. The number of nitrogens with zero attached hydrogens (tertiary/aromatic N) is 3. The van der Waals surface area contributed by atoms with Gasteiger partial charge in [-0.3, -0.25) is 0 Å². The number of thiazole rings is 1. The normalized spacial score (nSPS) is 19.2. The maximum Gasteiger partial charge on any atom is 0.186 e. The number of likely N-dealkylation sites (N-methyl/N-ethyl adjacent to an activating group) is 1. The molecule has 0 spiro atoms. The van der Waals surface area contributed by atoms with Crippen LogP contribution in [0, 0.1) is 0 Å². The first-order valence-corrected chi connectivity index (χ1v) is 8.58. The molecular formula is C15H28N4S. The lowest BCUT2D eigenvalue weighted by atomic mass is 10.2. The zero-order valence-electron chi connectivity index (χ0n) is 13.3. The summed E-state index contributed by atoms with van der Waals surface area (Å²) < 4.78 is 0. The van der Waals surface area contributed by atoms with Crippen molar-refractivity contribution >= 4 is 16.5 Å². The van der Waals surface area contributed by atoms with Crippen LogP contribution in [0.15, 0.2) is 0 Å². The summed E-state index contributed by atoms with van der Waals surface area (Å²) in [5.74, 6) is 0. The van der Waals surface area contributed by atoms with E-state index in [4.69, 9.17) is 4.98 Å². The molecule has 0 amide bonds. The highest BCUT2D eigenvalue weighted by molar-refractivity contribution is 7.15. The van der Waals surface area contributed by atoms with E-state index >= 15 is 0 Å². The first-order valence-electron chi connectivity index (χ1n) is 7.76. The number of anilines is 1. The van der Waals surface area contributed by atoms with Gasteiger partial charge < -0.3 is 15.1 Å². The lowest BCUT2D eigenvalue weighted by molar-refractivity contribution is 0.372. The fourth-order valence-corrected chi connectivity index (χ4v) is 4.06. The van der Waals surface area contributed by atoms with Crippen molar-refractivity contribution in [1.29, 1.82) is 0 Å². The standard InChI is InChI=1S/C15H28N4S/c1-5-13-14(10-16-6-2)20-15(17-13)19-9-7-8-12(19)11-18(3)4/h12,16H,5-11H2,1-4H3. The Morgan fingerprint density at radius 3 is 2.85 bits per heavy atom. The number of nitrogens with one attached hydrogen (secondary N) is 1. The molecule has 0 radical (unpaired) electrons. The molecule has 5 heteroatoms. The summed E-state index contributed by atoms with van der Waals surface area (Å²) in [5.41, 5.74) is 1.28. The summed E-state index contributed by atoms with van der Waals surface area (Å²) in [7, 11) is 4.32. The van der Waals surface area contributed by atoms with Crippen LogP contribution in [0.3, 0.4) is 0 Å². The second-order valence-electron chi connectivity index (χ2n) is 5.75. The van der Waals surface area contributed by atoms with Crippen LogP contribution >= 0.6 is 11.3 Å². The van der Waals surface area contributed by atoms with Crippen LogP contribution in [0.25, 0.3) is 0 Å². The summed E-state index contributed by atoms with van der Waals surface area (Å²) in [4.78, 5) is 11.1. The number of aryl methyl sites for hydroxylation is 1. The summed E-state index contributed by atoms with van der Waals surface area (Å²) in [6.07, 6.45) is 3.62. The van der Waals surface area contributed by atoms with E-state index in [2.05, 4.69) is 43.1 Å². The molecule has 1 aliphatic heterocycles. The Hall–Kier alpha value is -0.650. The molecule has 2 rings (SSSR count). The van der Waals surface area contributed by atoms with E-state index in [0.29, 0.717) is 6.04 Å². The highest BCUT2D eigenvalue weighted by atomic mass is 32.1. The summed E-state index contributed by atoms with van der Waals surface area (Å²) in [6, 6.07) is 0.632. The van der Waals surface area contributed by atoms with E-state index in [1.54, 1.807) is 0 Å². The molecule has 1 atom stereocenters. The zero-order chi connectivity index (χ0) is 14.5. The molecule has 1 fully saturated rings. The van der Waals surface area contributed by atoms with E-state index < -0.39 is 0 Å². The van der Waals surface area contributed by atoms with Gasteiger partial charge in [-0.15, -0.1) is 11.3 Å². The molecule has 0 aromatic carbocycles. The van der Waals surface area contributed by atoms with Crippen molar-refractivity contribution in [2.75, 3.05) is 38.6 Å². The van der Waals surface area contributed by atoms with Crippen molar-refractivity contribution in [2.45, 2.75) is 45.7 Å². The van der Waals surface area contributed by atoms with Crippen molar-refractivity contribution in [3.8, 4) is 0 Å². The van der Waals surface area contributed by atoms with Crippen LogP contribution in [-0.2, 0) is 13.0 Å². The third kappa shape index (κ3) is 3.71. The minimum atomic E-state index is 0.632. The first kappa shape index (κ1) is 15.7. The molecule has 20 heavy (non-hydrogen) atoms. The molecule has 1 aromatic heterocycles. The van der Waals surface area contributed by atoms with E-state index in [1.807, 2.05) is 11.3 Å². The average Bonchev–Trinajstić information content (AvgIpc) is 3.01. The van der Waals surface area contributed by atoms with Crippen molar-refractivity contribution in [2.24, 2.45) is 0 Å². The molecule has 1 unspecified atom stereocenters. The van der Waals surface area contributed by atoms with Crippen LogP contribution in [0.2, 0.25) is 0 Å². The number of hydrogen-bond acceptors (Lipinski definition) is 5. The third-order valence-electron chi connectivity index (χ3n) is 3.84. The maximum absolute atomic E-state index is 4.91. The van der Waals surface area contributed by atoms with Gasteiger partial charge >= 0.3 is 0 Å². The monoisotopic (exact) mass is 296 g/mol. The maximum atomic E-state index is 4.91. The van der Waals surface area contributed by atoms with Gasteiger partial charge in [-0.1, -0.05) is 13.8 Å². The fourth-order valence-electron chi connectivity index (χ4n) is 2.84. The predicted molar refractivity (Wildman–Crippen MR) is 87.8 cm³/mol. The van der Waals surface area contributed by atoms with Gasteiger partial charge in [0.2, 0.25) is 0 Å². The van der Waals surface area contributed by atoms with Crippen LogP contribution in [0.1, 0.15) is 37.3 Å². The average molecular weight is 296 g/mol. The van der Waals surface area contributed by atoms with Gasteiger partial charge in [-0.2, -0.15) is 0 Å². The summed E-state index contributed by atoms with van der Waals surface area (Å²) in [6.45, 7) is 8.63. The van der Waals surface area contributed by atoms with E-state index in [1.165, 1.54) is 28.5 Å². The Bertz CT molecular complexity index is 416. The van der Waals surface area contributed by atoms with Crippen molar-refractivity contribution in [3.05, 3.63) is 10.6 Å². The molecular weight excluding hydrogens is 268 g/mol. The summed E-state index contributed by atoms with van der Waals surface area (Å²) in [5, 5.41) is 4.67. The number of aromatic nitrogens is 1. The summed E-state index contributed by atoms with van der Waals surface area (Å²) >= 11 is 1.89. The van der Waals surface area contributed by atoms with E-state index in [-0.39, 0.29) is 0 Å². The topological polar surface area (TPSA) is 31.4 Å². The molecule has 1 saturated heterocycles. The molecule has 4 nitrogen and oxygen atoms in total. The number of rotatable bonds is 7. The fraction of sp³-hybridized carbons (Fsp3) is 0.800. The SMILES string of the molecule is CCNCc1sc(N2CCCC2CN(C)C)nc1CC. The predicted octanol–water partition coefficient (Wildman–Crippen LogP) is 2.35. The van der Waals surface area contributed by atoms with Crippen LogP contribution in [-0.4, -0.2) is 49.7 Å². The van der Waals surface area contributed by atoms with Gasteiger partial charge in [0.15, 0.2) is 5.13 Å². The first-order chi connectivity index (χ1) is 9.65. The molecule has 1 N–H and O–H groups in total. The van der Waals surface area contributed by atoms with Gasteiger partial charge in [0.25, 0.3) is 0 Å². The second kappa shape index (κ2) is 7.38. The van der Waals surface area contributed by atoms with Crippen molar-refractivity contribution in [3.63, 3.8) is 0 Å². The number of hydrogen-bond donors (Lipinski definition) is 1. The van der Waals surface area contributed by atoms with Gasteiger partial charge in [-0.05, 0) is 39.9 Å². The van der Waals surface area contributed by atoms with E-state index in [9.17, 15) is 0 Å². The Balaban J connectivity index is 2.12. The van der Waals surface area contributed by atoms with Gasteiger partial charge in [-0.25, -0.2) is 4.98 Å². The zero-order valence-corrected chi connectivity index (χ0v) is 14.1. The molecule has 0 bridgehead atoms. The lowest BCUT2D eigenvalue weighted by Crippen LogP contribution is -2.37. The smallest absolute Gasteiger partial charge is 0.186 e. The molecule has 0 aliphatic carbocycles. The molecule has 2 heterocycles. The van der Waals surface area contributed by atoms with Gasteiger partial charge in [0.1, 0.15) is 0 Å². The third-order valence-corrected chi connectivity index (χ3v) is 4.97. The molecule has 114 valence electrons. The minimum Gasteiger partial charge on any atom is -0.344 e. The van der Waals surface area contributed by atoms with Crippen LogP contribution in [0.5, 0.6) is 0 Å². The van der Waals surface area contributed by atoms with Gasteiger partial charge in [0, 0.05) is 30.6 Å². The van der Waals surface area contributed by atoms with E-state index in [0.717, 1.165) is 32.6 Å². The highest BCUT2D eigenvalue weighted by Crippen LogP contribution is 2.32. The lowest BCUT2D eigenvalue weighted by Gasteiger charge is -2.26. The molecule has 0 saturated carbocycles. The van der Waals surface area contributed by atoms with Crippen LogP contribution in [0.4, 0.5) is 5.13 Å². The highest BCUT2D eigenvalue weighted by Gasteiger charge is 2.28. The van der Waals surface area contributed by atoms with Crippen LogP contribution < -0.4 is 10.2 Å². The molecule has 1 aromatic rings. The molecule has 1 aliphatic rings. The Morgan fingerprint density at radius 2 is 2.20 bits per heavy atom. The van der Waals surface area contributed by atoms with Gasteiger partial charge in [0.05, 0.1) is 5.69 Å². The minimum absolute atomic E-state index is 0.632. The quantitative estimate of drug-likeness (QED) is 0.837. The Morgan fingerprint density at radius 1 is 1.40 bits per heavy atom. The van der Waals surface area contributed by atoms with Crippen molar-refractivity contribution in [1.82, 2.24) is 15.2 Å².